The normalized spacial score (nSPS) is 24.9. The summed E-state index contributed by atoms with van der Waals surface area (Å²) in [7, 11) is 0. The number of carbonyl (C=O) groups is 1. The average molecular weight is 348 g/mol. The molecule has 25 heavy (non-hydrogen) atoms. The van der Waals surface area contributed by atoms with E-state index in [0.717, 1.165) is 36.6 Å². The first kappa shape index (κ1) is 18.5. The molecule has 1 amide bonds. The van der Waals surface area contributed by atoms with E-state index in [9.17, 15) is 9.90 Å². The summed E-state index contributed by atoms with van der Waals surface area (Å²) in [5, 5.41) is 9.82. The van der Waals surface area contributed by atoms with E-state index in [4.69, 9.17) is 0 Å². The maximum Gasteiger partial charge on any atom is 0.255 e. The van der Waals surface area contributed by atoms with Crippen molar-refractivity contribution in [2.75, 3.05) is 39.3 Å². The lowest BCUT2D eigenvalue weighted by Gasteiger charge is -2.30. The molecule has 1 N–H and O–H groups in total. The summed E-state index contributed by atoms with van der Waals surface area (Å²) in [6.45, 7) is 12.1. The average Bonchev–Trinajstić information content (AvgIpc) is 3.15. The number of hydrogen-bond acceptors (Lipinski definition) is 3. The van der Waals surface area contributed by atoms with Gasteiger partial charge >= 0.3 is 0 Å². The summed E-state index contributed by atoms with van der Waals surface area (Å²) in [6.07, 6.45) is 3.90. The minimum atomic E-state index is 0.132. The van der Waals surface area contributed by atoms with E-state index in [1.807, 2.05) is 17.9 Å². The molecule has 140 valence electrons. The Hall–Kier alpha value is -1.33. The molecule has 0 unspecified atom stereocenters. The van der Waals surface area contributed by atoms with Crippen LogP contribution >= 0.6 is 0 Å². The fraction of sp³-hybridized carbons (Fsp3) is 0.750. The van der Waals surface area contributed by atoms with E-state index >= 15 is 0 Å². The number of aliphatic hydroxyl groups is 1. The number of carbonyl (C=O) groups excluding carboxylic acids is 1. The monoisotopic (exact) mass is 347 g/mol. The van der Waals surface area contributed by atoms with Crippen molar-refractivity contribution >= 4 is 5.91 Å². The molecule has 0 aliphatic carbocycles. The molecule has 5 nitrogen and oxygen atoms in total. The van der Waals surface area contributed by atoms with Gasteiger partial charge in [0.15, 0.2) is 0 Å². The molecule has 0 aromatic carbocycles. The van der Waals surface area contributed by atoms with Crippen LogP contribution in [0.5, 0.6) is 0 Å². The quantitative estimate of drug-likeness (QED) is 0.889. The minimum Gasteiger partial charge on any atom is -0.396 e. The van der Waals surface area contributed by atoms with Crippen LogP contribution in [0.2, 0.25) is 0 Å². The van der Waals surface area contributed by atoms with Crippen molar-refractivity contribution in [2.45, 2.75) is 46.6 Å². The second kappa shape index (κ2) is 7.92. The smallest absolute Gasteiger partial charge is 0.255 e. The molecule has 5 heteroatoms. The highest BCUT2D eigenvalue weighted by Gasteiger charge is 2.37. The van der Waals surface area contributed by atoms with Gasteiger partial charge in [0.05, 0.1) is 5.56 Å². The lowest BCUT2D eigenvalue weighted by molar-refractivity contribution is 0.0777. The summed E-state index contributed by atoms with van der Waals surface area (Å²) in [6, 6.07) is 2.02. The molecule has 0 saturated carbocycles. The van der Waals surface area contributed by atoms with Gasteiger partial charge in [-0.15, -0.1) is 0 Å². The van der Waals surface area contributed by atoms with E-state index in [-0.39, 0.29) is 18.4 Å². The second-order valence-corrected chi connectivity index (χ2v) is 7.80. The number of likely N-dealkylation sites (tertiary alicyclic amines) is 2. The predicted molar refractivity (Wildman–Crippen MR) is 99.8 cm³/mol. The molecule has 2 saturated heterocycles. The standard InChI is InChI=1S/C20H33N3O2/c1-4-23-15(2)10-19(16(23)3)20(25)22-12-17(18(13-22)14-24)11-21-8-6-5-7-9-21/h10,17-18,24H,4-9,11-14H2,1-3H3/t17-,18-/m1/s1. The summed E-state index contributed by atoms with van der Waals surface area (Å²) < 4.78 is 2.19. The highest BCUT2D eigenvalue weighted by molar-refractivity contribution is 5.96. The van der Waals surface area contributed by atoms with Gasteiger partial charge in [0.25, 0.3) is 5.91 Å². The van der Waals surface area contributed by atoms with Gasteiger partial charge in [0, 0.05) is 50.1 Å². The SMILES string of the molecule is CCn1c(C)cc(C(=O)N2C[C@@H](CN3CCCCC3)[C@@H](CO)C2)c1C. The summed E-state index contributed by atoms with van der Waals surface area (Å²) >= 11 is 0. The Morgan fingerprint density at radius 2 is 1.84 bits per heavy atom. The topological polar surface area (TPSA) is 48.7 Å². The Labute approximate surface area is 151 Å². The van der Waals surface area contributed by atoms with Gasteiger partial charge in [0.1, 0.15) is 0 Å². The summed E-state index contributed by atoms with van der Waals surface area (Å²) in [4.78, 5) is 17.6. The molecule has 0 spiro atoms. The van der Waals surface area contributed by atoms with Gasteiger partial charge in [-0.25, -0.2) is 0 Å². The molecular formula is C20H33N3O2. The zero-order valence-corrected chi connectivity index (χ0v) is 16.0. The van der Waals surface area contributed by atoms with Crippen LogP contribution in [0.15, 0.2) is 6.07 Å². The summed E-state index contributed by atoms with van der Waals surface area (Å²) in [5.74, 6) is 0.731. The molecule has 0 radical (unpaired) electrons. The minimum absolute atomic E-state index is 0.132. The maximum atomic E-state index is 13.1. The Bertz CT molecular complexity index is 604. The molecule has 2 aliphatic heterocycles. The van der Waals surface area contributed by atoms with Crippen LogP contribution < -0.4 is 0 Å². The Morgan fingerprint density at radius 1 is 1.16 bits per heavy atom. The van der Waals surface area contributed by atoms with Crippen LogP contribution in [0.4, 0.5) is 0 Å². The van der Waals surface area contributed by atoms with Crippen molar-refractivity contribution < 1.29 is 9.90 Å². The second-order valence-electron chi connectivity index (χ2n) is 7.80. The first-order chi connectivity index (χ1) is 12.0. The van der Waals surface area contributed by atoms with Crippen molar-refractivity contribution in [3.8, 4) is 0 Å². The third-order valence-corrected chi connectivity index (χ3v) is 6.16. The Balaban J connectivity index is 1.69. The molecule has 2 fully saturated rings. The lowest BCUT2D eigenvalue weighted by atomic mass is 9.95. The van der Waals surface area contributed by atoms with Crippen molar-refractivity contribution in [2.24, 2.45) is 11.8 Å². The predicted octanol–water partition coefficient (Wildman–Crippen LogP) is 2.29. The molecule has 1 aromatic rings. The number of rotatable bonds is 5. The first-order valence-electron chi connectivity index (χ1n) is 9.84. The van der Waals surface area contributed by atoms with Crippen LogP contribution in [0.3, 0.4) is 0 Å². The van der Waals surface area contributed by atoms with Crippen molar-refractivity contribution in [1.29, 1.82) is 0 Å². The molecule has 0 bridgehead atoms. The Kier molecular flexibility index (Phi) is 5.85. The fourth-order valence-electron chi connectivity index (χ4n) is 4.67. The lowest BCUT2D eigenvalue weighted by Crippen LogP contribution is -2.37. The van der Waals surface area contributed by atoms with E-state index in [1.165, 1.54) is 32.4 Å². The van der Waals surface area contributed by atoms with E-state index in [0.29, 0.717) is 12.5 Å². The van der Waals surface area contributed by atoms with Crippen molar-refractivity contribution in [3.63, 3.8) is 0 Å². The van der Waals surface area contributed by atoms with Crippen LogP contribution in [0.25, 0.3) is 0 Å². The molecular weight excluding hydrogens is 314 g/mol. The summed E-state index contributed by atoms with van der Waals surface area (Å²) in [5.41, 5.74) is 3.03. The molecule has 1 aromatic heterocycles. The van der Waals surface area contributed by atoms with Crippen molar-refractivity contribution in [3.05, 3.63) is 23.0 Å². The van der Waals surface area contributed by atoms with Crippen LogP contribution in [0.1, 0.15) is 47.9 Å². The van der Waals surface area contributed by atoms with Gasteiger partial charge in [-0.3, -0.25) is 4.79 Å². The van der Waals surface area contributed by atoms with Gasteiger partial charge < -0.3 is 19.5 Å². The first-order valence-corrected chi connectivity index (χ1v) is 9.84. The third kappa shape index (κ3) is 3.77. The highest BCUT2D eigenvalue weighted by atomic mass is 16.3. The van der Waals surface area contributed by atoms with E-state index < -0.39 is 0 Å². The Morgan fingerprint density at radius 3 is 2.44 bits per heavy atom. The molecule has 3 heterocycles. The van der Waals surface area contributed by atoms with Gasteiger partial charge in [-0.1, -0.05) is 6.42 Å². The zero-order chi connectivity index (χ0) is 18.0. The zero-order valence-electron chi connectivity index (χ0n) is 16.0. The van der Waals surface area contributed by atoms with Gasteiger partial charge in [0.2, 0.25) is 0 Å². The molecule has 3 rings (SSSR count). The van der Waals surface area contributed by atoms with Gasteiger partial charge in [-0.2, -0.15) is 0 Å². The third-order valence-electron chi connectivity index (χ3n) is 6.16. The number of amides is 1. The largest absolute Gasteiger partial charge is 0.396 e. The van der Waals surface area contributed by atoms with Crippen LogP contribution in [0, 0.1) is 25.7 Å². The maximum absolute atomic E-state index is 13.1. The van der Waals surface area contributed by atoms with Crippen LogP contribution in [-0.2, 0) is 6.54 Å². The number of hydrogen-bond donors (Lipinski definition) is 1. The highest BCUT2D eigenvalue weighted by Crippen LogP contribution is 2.28. The van der Waals surface area contributed by atoms with E-state index in [1.54, 1.807) is 0 Å². The number of aryl methyl sites for hydroxylation is 1. The fourth-order valence-corrected chi connectivity index (χ4v) is 4.67. The number of piperidine rings is 1. The number of aromatic nitrogens is 1. The molecule has 2 aliphatic rings. The number of nitrogens with zero attached hydrogens (tertiary/aromatic N) is 3. The van der Waals surface area contributed by atoms with Crippen LogP contribution in [-0.4, -0.2) is 64.7 Å². The number of aliphatic hydroxyl groups excluding tert-OH is 1. The van der Waals surface area contributed by atoms with E-state index in [2.05, 4.69) is 23.3 Å². The van der Waals surface area contributed by atoms with Gasteiger partial charge in [-0.05, 0) is 58.7 Å². The van der Waals surface area contributed by atoms with Crippen molar-refractivity contribution in [1.82, 2.24) is 14.4 Å². The molecule has 2 atom stereocenters.